The Hall–Kier alpha value is -4.19. The molecule has 2 aromatic carbocycles. The van der Waals surface area contributed by atoms with Crippen molar-refractivity contribution < 1.29 is 9.90 Å². The molecule has 33 heavy (non-hydrogen) atoms. The molecule has 0 aliphatic carbocycles. The molecule has 2 N–H and O–H groups in total. The van der Waals surface area contributed by atoms with E-state index in [0.29, 0.717) is 5.82 Å². The van der Waals surface area contributed by atoms with E-state index in [9.17, 15) is 9.90 Å². The first kappa shape index (κ1) is 20.7. The third kappa shape index (κ3) is 4.28. The van der Waals surface area contributed by atoms with E-state index in [1.807, 2.05) is 42.7 Å². The van der Waals surface area contributed by atoms with Crippen molar-refractivity contribution in [2.45, 2.75) is 12.8 Å². The first-order chi connectivity index (χ1) is 16.1. The largest absolute Gasteiger partial charge is 0.480 e. The van der Waals surface area contributed by atoms with Crippen molar-refractivity contribution in [3.05, 3.63) is 90.3 Å². The molecule has 3 heterocycles. The van der Waals surface area contributed by atoms with E-state index in [0.717, 1.165) is 45.9 Å². The molecule has 0 radical (unpaired) electrons. The van der Waals surface area contributed by atoms with Crippen LogP contribution in [0.4, 0.5) is 5.82 Å². The minimum absolute atomic E-state index is 0.107. The van der Waals surface area contributed by atoms with Crippen molar-refractivity contribution in [3.63, 3.8) is 0 Å². The van der Waals surface area contributed by atoms with Gasteiger partial charge in [0.05, 0.1) is 5.52 Å². The van der Waals surface area contributed by atoms with E-state index in [-0.39, 0.29) is 6.54 Å². The Labute approximate surface area is 191 Å². The molecule has 0 saturated heterocycles. The summed E-state index contributed by atoms with van der Waals surface area (Å²) in [6.07, 6.45) is 5.58. The summed E-state index contributed by atoms with van der Waals surface area (Å²) in [5.41, 5.74) is 6.40. The van der Waals surface area contributed by atoms with Crippen LogP contribution in [0.5, 0.6) is 0 Å². The maximum Gasteiger partial charge on any atom is 0.323 e. The van der Waals surface area contributed by atoms with Gasteiger partial charge in [-0.25, -0.2) is 9.97 Å². The number of aryl methyl sites for hydroxylation is 2. The fourth-order valence-corrected chi connectivity index (χ4v) is 4.27. The number of aliphatic carboxylic acids is 1. The number of carboxylic acid groups (broad SMARTS) is 1. The summed E-state index contributed by atoms with van der Waals surface area (Å²) in [6.45, 7) is -0.107. The molecule has 164 valence electrons. The van der Waals surface area contributed by atoms with Crippen molar-refractivity contribution in [2.24, 2.45) is 0 Å². The first-order valence-electron chi connectivity index (χ1n) is 10.9. The van der Waals surface area contributed by atoms with Gasteiger partial charge in [0.15, 0.2) is 0 Å². The predicted octanol–water partition coefficient (Wildman–Crippen LogP) is 5.08. The number of fused-ring (bicyclic) bond motifs is 2. The summed E-state index contributed by atoms with van der Waals surface area (Å²) in [4.78, 5) is 25.2. The highest BCUT2D eigenvalue weighted by Crippen LogP contribution is 2.32. The molecular formula is C27H24N4O2. The van der Waals surface area contributed by atoms with E-state index in [4.69, 9.17) is 4.98 Å². The number of pyridine rings is 2. The van der Waals surface area contributed by atoms with Crippen LogP contribution in [0.3, 0.4) is 0 Å². The molecule has 0 saturated carbocycles. The lowest BCUT2D eigenvalue weighted by Crippen LogP contribution is -2.26. The number of anilines is 1. The van der Waals surface area contributed by atoms with Crippen molar-refractivity contribution >= 4 is 33.7 Å². The van der Waals surface area contributed by atoms with Crippen LogP contribution in [-0.4, -0.2) is 39.6 Å². The van der Waals surface area contributed by atoms with E-state index in [1.54, 1.807) is 11.9 Å². The Morgan fingerprint density at radius 2 is 1.85 bits per heavy atom. The highest BCUT2D eigenvalue weighted by Gasteiger charge is 2.13. The summed E-state index contributed by atoms with van der Waals surface area (Å²) in [7, 11) is 1.75. The fourth-order valence-electron chi connectivity index (χ4n) is 4.27. The van der Waals surface area contributed by atoms with Crippen LogP contribution < -0.4 is 4.90 Å². The zero-order valence-electron chi connectivity index (χ0n) is 18.3. The minimum atomic E-state index is -0.886. The zero-order valence-corrected chi connectivity index (χ0v) is 18.3. The lowest BCUT2D eigenvalue weighted by molar-refractivity contribution is -0.135. The highest BCUT2D eigenvalue weighted by atomic mass is 16.4. The molecule has 3 aromatic heterocycles. The number of nitrogens with zero attached hydrogens (tertiary/aromatic N) is 3. The number of aromatic amines is 1. The quantitative estimate of drug-likeness (QED) is 0.372. The zero-order chi connectivity index (χ0) is 22.8. The number of nitrogens with one attached hydrogen (secondary N) is 1. The number of H-pyrrole nitrogens is 1. The molecule has 0 bridgehead atoms. The molecule has 6 heteroatoms. The summed E-state index contributed by atoms with van der Waals surface area (Å²) in [5, 5.41) is 11.4. The predicted molar refractivity (Wildman–Crippen MR) is 132 cm³/mol. The SMILES string of the molecule is CN(CC(=O)O)c1cc(-c2ccccc2)c2cc(CCc3ccnc4[nH]ccc34)ccc2n1. The molecule has 6 nitrogen and oxygen atoms in total. The van der Waals surface area contributed by atoms with Crippen LogP contribution in [0, 0.1) is 0 Å². The van der Waals surface area contributed by atoms with Crippen molar-refractivity contribution in [2.75, 3.05) is 18.5 Å². The van der Waals surface area contributed by atoms with Gasteiger partial charge < -0.3 is 15.0 Å². The molecule has 0 spiro atoms. The van der Waals surface area contributed by atoms with Crippen LogP contribution in [0.15, 0.2) is 79.1 Å². The summed E-state index contributed by atoms with van der Waals surface area (Å²) in [5.74, 6) is -0.244. The number of aromatic nitrogens is 3. The summed E-state index contributed by atoms with van der Waals surface area (Å²) < 4.78 is 0. The molecule has 0 aliphatic heterocycles. The second kappa shape index (κ2) is 8.74. The molecule has 0 fully saturated rings. The molecular weight excluding hydrogens is 412 g/mol. The van der Waals surface area contributed by atoms with Crippen LogP contribution in [0.1, 0.15) is 11.1 Å². The fraction of sp³-hybridized carbons (Fsp3) is 0.148. The topological polar surface area (TPSA) is 82.1 Å². The van der Waals surface area contributed by atoms with E-state index in [2.05, 4.69) is 46.4 Å². The van der Waals surface area contributed by atoms with Gasteiger partial charge in [0, 0.05) is 30.2 Å². The molecule has 0 unspecified atom stereocenters. The van der Waals surface area contributed by atoms with Gasteiger partial charge in [-0.1, -0.05) is 36.4 Å². The van der Waals surface area contributed by atoms with Gasteiger partial charge in [0.1, 0.15) is 18.0 Å². The van der Waals surface area contributed by atoms with Gasteiger partial charge in [-0.3, -0.25) is 4.79 Å². The smallest absolute Gasteiger partial charge is 0.323 e. The highest BCUT2D eigenvalue weighted by molar-refractivity contribution is 5.96. The Morgan fingerprint density at radius 3 is 2.67 bits per heavy atom. The maximum absolute atomic E-state index is 11.2. The van der Waals surface area contributed by atoms with Crippen molar-refractivity contribution in [1.82, 2.24) is 15.0 Å². The number of rotatable bonds is 7. The van der Waals surface area contributed by atoms with Gasteiger partial charge in [-0.05, 0) is 65.4 Å². The Bertz CT molecular complexity index is 1440. The normalized spacial score (nSPS) is 11.2. The maximum atomic E-state index is 11.2. The summed E-state index contributed by atoms with van der Waals surface area (Å²) in [6, 6.07) is 22.7. The monoisotopic (exact) mass is 436 g/mol. The van der Waals surface area contributed by atoms with Gasteiger partial charge in [0.25, 0.3) is 0 Å². The van der Waals surface area contributed by atoms with Crippen molar-refractivity contribution in [1.29, 1.82) is 0 Å². The minimum Gasteiger partial charge on any atom is -0.480 e. The second-order valence-electron chi connectivity index (χ2n) is 8.21. The van der Waals surface area contributed by atoms with Gasteiger partial charge >= 0.3 is 5.97 Å². The van der Waals surface area contributed by atoms with Crippen LogP contribution in [0.25, 0.3) is 33.1 Å². The number of likely N-dealkylation sites (N-methyl/N-ethyl adjacent to an activating group) is 1. The van der Waals surface area contributed by atoms with E-state index < -0.39 is 5.97 Å². The third-order valence-corrected chi connectivity index (χ3v) is 5.94. The average Bonchev–Trinajstić information content (AvgIpc) is 3.31. The molecule has 5 rings (SSSR count). The number of carboxylic acids is 1. The second-order valence-corrected chi connectivity index (χ2v) is 8.21. The molecule has 0 atom stereocenters. The lowest BCUT2D eigenvalue weighted by atomic mass is 9.97. The van der Waals surface area contributed by atoms with Gasteiger partial charge in [-0.15, -0.1) is 0 Å². The number of benzene rings is 2. The van der Waals surface area contributed by atoms with E-state index >= 15 is 0 Å². The standard InChI is InChI=1S/C27H24N4O2/c1-31(17-26(32)33)25-16-22(19-5-3-2-4-6-19)23-15-18(8-10-24(23)30-25)7-9-20-11-13-28-27-21(20)12-14-29-27/h2-6,8,10-16H,7,9,17H2,1H3,(H,28,29)(H,32,33). The molecule has 0 aliphatic rings. The Kier molecular flexibility index (Phi) is 5.48. The Balaban J connectivity index is 1.53. The lowest BCUT2D eigenvalue weighted by Gasteiger charge is -2.18. The van der Waals surface area contributed by atoms with Crippen molar-refractivity contribution in [3.8, 4) is 11.1 Å². The Morgan fingerprint density at radius 1 is 1.00 bits per heavy atom. The van der Waals surface area contributed by atoms with Crippen LogP contribution >= 0.6 is 0 Å². The number of hydrogen-bond acceptors (Lipinski definition) is 4. The number of carbonyl (C=O) groups is 1. The number of hydrogen-bond donors (Lipinski definition) is 2. The van der Waals surface area contributed by atoms with Gasteiger partial charge in [-0.2, -0.15) is 0 Å². The third-order valence-electron chi connectivity index (χ3n) is 5.94. The van der Waals surface area contributed by atoms with E-state index in [1.165, 1.54) is 11.1 Å². The summed E-state index contributed by atoms with van der Waals surface area (Å²) >= 11 is 0. The molecule has 5 aromatic rings. The van der Waals surface area contributed by atoms with Crippen LogP contribution in [-0.2, 0) is 17.6 Å². The van der Waals surface area contributed by atoms with Gasteiger partial charge in [0.2, 0.25) is 0 Å². The average molecular weight is 437 g/mol. The first-order valence-corrected chi connectivity index (χ1v) is 10.9. The van der Waals surface area contributed by atoms with Crippen LogP contribution in [0.2, 0.25) is 0 Å². The molecule has 0 amide bonds.